The van der Waals surface area contributed by atoms with Crippen LogP contribution in [-0.2, 0) is 4.74 Å². The first-order valence-electron chi connectivity index (χ1n) is 8.60. The molecule has 5 nitrogen and oxygen atoms in total. The van der Waals surface area contributed by atoms with E-state index in [2.05, 4.69) is 14.9 Å². The number of nitrogens with zero attached hydrogens (tertiary/aromatic N) is 3. The lowest BCUT2D eigenvalue weighted by Crippen LogP contribution is -2.39. The molecule has 0 aromatic carbocycles. The molecule has 22 heavy (non-hydrogen) atoms. The van der Waals surface area contributed by atoms with Gasteiger partial charge in [-0.25, -0.2) is 9.97 Å². The fourth-order valence-corrected chi connectivity index (χ4v) is 3.34. The first-order chi connectivity index (χ1) is 10.7. The van der Waals surface area contributed by atoms with Crippen LogP contribution >= 0.6 is 0 Å². The number of hydrogen-bond acceptors (Lipinski definition) is 5. The summed E-state index contributed by atoms with van der Waals surface area (Å²) in [6.45, 7) is 5.95. The highest BCUT2D eigenvalue weighted by atomic mass is 16.5. The van der Waals surface area contributed by atoms with Crippen LogP contribution < -0.4 is 9.64 Å². The quantitative estimate of drug-likeness (QED) is 0.836. The van der Waals surface area contributed by atoms with Gasteiger partial charge >= 0.3 is 0 Å². The number of aromatic nitrogens is 2. The van der Waals surface area contributed by atoms with Crippen molar-refractivity contribution in [2.45, 2.75) is 70.7 Å². The van der Waals surface area contributed by atoms with Gasteiger partial charge in [0.15, 0.2) is 5.82 Å². The molecule has 0 bridgehead atoms. The summed E-state index contributed by atoms with van der Waals surface area (Å²) < 4.78 is 12.0. The smallest absolute Gasteiger partial charge is 0.257 e. The summed E-state index contributed by atoms with van der Waals surface area (Å²) in [6, 6.07) is 0. The molecular weight excluding hydrogens is 278 g/mol. The van der Waals surface area contributed by atoms with E-state index < -0.39 is 0 Å². The normalized spacial score (nSPS) is 20.8. The van der Waals surface area contributed by atoms with Crippen LogP contribution in [0.4, 0.5) is 5.82 Å². The zero-order chi connectivity index (χ0) is 15.4. The Kier molecular flexibility index (Phi) is 5.13. The predicted octanol–water partition coefficient (Wildman–Crippen LogP) is 3.19. The van der Waals surface area contributed by atoms with Gasteiger partial charge in [0, 0.05) is 25.5 Å². The maximum Gasteiger partial charge on any atom is 0.257 e. The van der Waals surface area contributed by atoms with Crippen molar-refractivity contribution in [1.29, 1.82) is 0 Å². The zero-order valence-corrected chi connectivity index (χ0v) is 13.7. The molecule has 2 fully saturated rings. The van der Waals surface area contributed by atoms with Crippen LogP contribution in [0.25, 0.3) is 0 Å². The number of hydrogen-bond donors (Lipinski definition) is 0. The molecule has 1 saturated heterocycles. The second-order valence-corrected chi connectivity index (χ2v) is 6.58. The highest BCUT2D eigenvalue weighted by Crippen LogP contribution is 2.29. The zero-order valence-electron chi connectivity index (χ0n) is 13.7. The lowest BCUT2D eigenvalue weighted by molar-refractivity contribution is -0.0195. The molecule has 2 heterocycles. The Bertz CT molecular complexity index is 467. The Morgan fingerprint density at radius 3 is 2.32 bits per heavy atom. The highest BCUT2D eigenvalue weighted by molar-refractivity contribution is 5.48. The van der Waals surface area contributed by atoms with Gasteiger partial charge in [0.05, 0.1) is 18.3 Å². The van der Waals surface area contributed by atoms with Crippen LogP contribution in [0.2, 0.25) is 0 Å². The number of anilines is 1. The molecule has 122 valence electrons. The second kappa shape index (κ2) is 7.27. The van der Waals surface area contributed by atoms with Gasteiger partial charge in [-0.1, -0.05) is 12.8 Å². The van der Waals surface area contributed by atoms with E-state index in [1.807, 2.05) is 13.8 Å². The molecule has 0 N–H and O–H groups in total. The molecule has 3 rings (SSSR count). The average molecular weight is 305 g/mol. The summed E-state index contributed by atoms with van der Waals surface area (Å²) in [5.41, 5.74) is 0. The van der Waals surface area contributed by atoms with E-state index in [1.54, 1.807) is 12.4 Å². The molecule has 0 spiro atoms. The van der Waals surface area contributed by atoms with Crippen LogP contribution in [0.5, 0.6) is 5.88 Å². The third kappa shape index (κ3) is 3.88. The molecule has 1 aromatic heterocycles. The van der Waals surface area contributed by atoms with Gasteiger partial charge in [0.1, 0.15) is 0 Å². The van der Waals surface area contributed by atoms with Crippen molar-refractivity contribution in [3.63, 3.8) is 0 Å². The van der Waals surface area contributed by atoms with Gasteiger partial charge in [-0.2, -0.15) is 0 Å². The van der Waals surface area contributed by atoms with Crippen LogP contribution in [0, 0.1) is 0 Å². The molecule has 0 radical (unpaired) electrons. The molecule has 0 unspecified atom stereocenters. The molecule has 2 aliphatic rings. The Morgan fingerprint density at radius 2 is 1.64 bits per heavy atom. The molecule has 5 heteroatoms. The largest absolute Gasteiger partial charge is 0.472 e. The van der Waals surface area contributed by atoms with Crippen molar-refractivity contribution < 1.29 is 9.47 Å². The van der Waals surface area contributed by atoms with Gasteiger partial charge in [-0.15, -0.1) is 0 Å². The highest BCUT2D eigenvalue weighted by Gasteiger charge is 2.26. The van der Waals surface area contributed by atoms with Gasteiger partial charge < -0.3 is 14.4 Å². The van der Waals surface area contributed by atoms with E-state index in [0.29, 0.717) is 18.1 Å². The summed E-state index contributed by atoms with van der Waals surface area (Å²) in [5.74, 6) is 1.52. The van der Waals surface area contributed by atoms with Crippen molar-refractivity contribution in [3.8, 4) is 5.88 Å². The minimum Gasteiger partial charge on any atom is -0.472 e. The minimum absolute atomic E-state index is 0.110. The van der Waals surface area contributed by atoms with Crippen molar-refractivity contribution in [3.05, 3.63) is 12.4 Å². The van der Waals surface area contributed by atoms with E-state index in [-0.39, 0.29) is 6.10 Å². The van der Waals surface area contributed by atoms with Crippen molar-refractivity contribution in [2.24, 2.45) is 0 Å². The fourth-order valence-electron chi connectivity index (χ4n) is 3.34. The monoisotopic (exact) mass is 305 g/mol. The van der Waals surface area contributed by atoms with Crippen LogP contribution in [-0.4, -0.2) is 41.4 Å². The number of ether oxygens (including phenoxy) is 2. The van der Waals surface area contributed by atoms with Crippen molar-refractivity contribution >= 4 is 5.82 Å². The summed E-state index contributed by atoms with van der Waals surface area (Å²) in [6.07, 6.45) is 11.7. The van der Waals surface area contributed by atoms with Crippen molar-refractivity contribution in [1.82, 2.24) is 9.97 Å². The van der Waals surface area contributed by atoms with Gasteiger partial charge in [-0.3, -0.25) is 0 Å². The molecule has 1 aliphatic heterocycles. The Labute approximate surface area is 133 Å². The fraction of sp³-hybridized carbons (Fsp3) is 0.765. The maximum absolute atomic E-state index is 6.24. The topological polar surface area (TPSA) is 47.5 Å². The van der Waals surface area contributed by atoms with E-state index >= 15 is 0 Å². The maximum atomic E-state index is 6.24. The predicted molar refractivity (Wildman–Crippen MR) is 86.4 cm³/mol. The minimum atomic E-state index is 0.110. The Balaban J connectivity index is 1.56. The van der Waals surface area contributed by atoms with Crippen LogP contribution in [0.15, 0.2) is 12.4 Å². The summed E-state index contributed by atoms with van der Waals surface area (Å²) in [5, 5.41) is 0. The average Bonchev–Trinajstić information content (AvgIpc) is 3.01. The van der Waals surface area contributed by atoms with E-state index in [9.17, 15) is 0 Å². The third-order valence-electron chi connectivity index (χ3n) is 4.42. The summed E-state index contributed by atoms with van der Waals surface area (Å²) >= 11 is 0. The van der Waals surface area contributed by atoms with Crippen LogP contribution in [0.3, 0.4) is 0 Å². The van der Waals surface area contributed by atoms with E-state index in [0.717, 1.165) is 31.7 Å². The Hall–Kier alpha value is -1.36. The van der Waals surface area contributed by atoms with Crippen LogP contribution in [0.1, 0.15) is 52.4 Å². The molecule has 0 amide bonds. The number of piperidine rings is 1. The molecule has 1 aliphatic carbocycles. The molecule has 1 saturated carbocycles. The lowest BCUT2D eigenvalue weighted by atomic mass is 10.1. The standard InChI is InChI=1S/C17H27N3O2/c1-13(2)21-17-16(18-9-10-19-17)20-11-7-15(8-12-20)22-14-5-3-4-6-14/h9-10,13-15H,3-8,11-12H2,1-2H3. The van der Waals surface area contributed by atoms with Gasteiger partial charge in [0.2, 0.25) is 0 Å². The summed E-state index contributed by atoms with van der Waals surface area (Å²) in [4.78, 5) is 11.1. The SMILES string of the molecule is CC(C)Oc1nccnc1N1CCC(OC2CCCC2)CC1. The molecule has 0 atom stereocenters. The first-order valence-corrected chi connectivity index (χ1v) is 8.60. The lowest BCUT2D eigenvalue weighted by Gasteiger charge is -2.34. The Morgan fingerprint density at radius 1 is 1.00 bits per heavy atom. The van der Waals surface area contributed by atoms with E-state index in [4.69, 9.17) is 9.47 Å². The van der Waals surface area contributed by atoms with Gasteiger partial charge in [-0.05, 0) is 39.5 Å². The van der Waals surface area contributed by atoms with Gasteiger partial charge in [0.25, 0.3) is 5.88 Å². The van der Waals surface area contributed by atoms with E-state index in [1.165, 1.54) is 25.7 Å². The summed E-state index contributed by atoms with van der Waals surface area (Å²) in [7, 11) is 0. The molecular formula is C17H27N3O2. The third-order valence-corrected chi connectivity index (χ3v) is 4.42. The number of rotatable bonds is 5. The van der Waals surface area contributed by atoms with Crippen molar-refractivity contribution in [2.75, 3.05) is 18.0 Å². The molecule has 1 aromatic rings. The second-order valence-electron chi connectivity index (χ2n) is 6.58. The first kappa shape index (κ1) is 15.5.